The number of urea groups is 1. The number of hydrogen-bond acceptors (Lipinski definition) is 4. The highest BCUT2D eigenvalue weighted by Gasteiger charge is 2.29. The third kappa shape index (κ3) is 10.2. The number of aromatic nitrogens is 2. The van der Waals surface area contributed by atoms with Crippen molar-refractivity contribution in [3.8, 4) is 11.3 Å². The summed E-state index contributed by atoms with van der Waals surface area (Å²) in [7, 11) is 0. The summed E-state index contributed by atoms with van der Waals surface area (Å²) >= 11 is 0. The van der Waals surface area contributed by atoms with Crippen LogP contribution in [0.2, 0.25) is 0 Å². The number of H-pyrrole nitrogens is 1. The Morgan fingerprint density at radius 1 is 1.15 bits per heavy atom. The van der Waals surface area contributed by atoms with Crippen LogP contribution in [0.3, 0.4) is 0 Å². The number of carbonyl (C=O) groups is 1. The molecule has 1 aliphatic heterocycles. The summed E-state index contributed by atoms with van der Waals surface area (Å²) in [5.41, 5.74) is 7.96. The Balaban J connectivity index is 0.000000263. The highest BCUT2D eigenvalue weighted by molar-refractivity contribution is 5.74. The first-order valence-electron chi connectivity index (χ1n) is 14.1. The van der Waals surface area contributed by atoms with E-state index in [2.05, 4.69) is 36.1 Å². The zero-order valence-electron chi connectivity index (χ0n) is 24.1. The number of halogens is 3. The van der Waals surface area contributed by atoms with Gasteiger partial charge in [-0.25, -0.2) is 22.9 Å². The van der Waals surface area contributed by atoms with Gasteiger partial charge in [0.2, 0.25) is 0 Å². The number of morpholine rings is 1. The van der Waals surface area contributed by atoms with Crippen LogP contribution < -0.4 is 11.1 Å². The second kappa shape index (κ2) is 15.6. The van der Waals surface area contributed by atoms with E-state index in [0.717, 1.165) is 35.5 Å². The molecule has 0 bridgehead atoms. The van der Waals surface area contributed by atoms with Crippen molar-refractivity contribution in [1.82, 2.24) is 20.2 Å². The van der Waals surface area contributed by atoms with Crippen molar-refractivity contribution in [3.05, 3.63) is 77.8 Å². The average Bonchev–Trinajstić information content (AvgIpc) is 3.47. The smallest absolute Gasteiger partial charge is 0.317 e. The van der Waals surface area contributed by atoms with E-state index in [1.54, 1.807) is 29.3 Å². The minimum atomic E-state index is -0.548. The van der Waals surface area contributed by atoms with Crippen LogP contribution in [-0.2, 0) is 11.2 Å². The fraction of sp³-hybridized carbons (Fsp3) is 0.484. The van der Waals surface area contributed by atoms with Gasteiger partial charge in [0.25, 0.3) is 0 Å². The molecule has 0 radical (unpaired) electrons. The molecule has 3 aromatic rings. The fourth-order valence-electron chi connectivity index (χ4n) is 4.42. The summed E-state index contributed by atoms with van der Waals surface area (Å²) in [4.78, 5) is 21.0. The van der Waals surface area contributed by atoms with Crippen molar-refractivity contribution >= 4 is 6.03 Å². The van der Waals surface area contributed by atoms with Gasteiger partial charge in [0, 0.05) is 37.2 Å². The van der Waals surface area contributed by atoms with Gasteiger partial charge >= 0.3 is 6.03 Å². The number of aromatic amines is 1. The van der Waals surface area contributed by atoms with Crippen LogP contribution in [-0.4, -0.2) is 66.5 Å². The zero-order chi connectivity index (χ0) is 29.8. The number of benzene rings is 2. The van der Waals surface area contributed by atoms with E-state index in [9.17, 15) is 18.0 Å². The molecule has 7 nitrogen and oxygen atoms in total. The molecule has 0 aliphatic carbocycles. The van der Waals surface area contributed by atoms with Crippen molar-refractivity contribution < 1.29 is 22.7 Å². The number of imidazole rings is 1. The predicted molar refractivity (Wildman–Crippen MR) is 155 cm³/mol. The third-order valence-electron chi connectivity index (χ3n) is 7.55. The van der Waals surface area contributed by atoms with E-state index in [1.165, 1.54) is 18.2 Å². The molecule has 2 atom stereocenters. The maximum absolute atomic E-state index is 13.4. The number of nitrogens with zero attached hydrogens (tertiary/aromatic N) is 2. The predicted octanol–water partition coefficient (Wildman–Crippen LogP) is 5.83. The molecule has 2 amide bonds. The first-order chi connectivity index (χ1) is 19.6. The lowest BCUT2D eigenvalue weighted by Gasteiger charge is -2.30. The Hall–Kier alpha value is -3.37. The second-order valence-electron chi connectivity index (χ2n) is 11.1. The largest absolute Gasteiger partial charge is 0.378 e. The highest BCUT2D eigenvalue weighted by Crippen LogP contribution is 2.38. The number of amides is 2. The van der Waals surface area contributed by atoms with Gasteiger partial charge in [0.1, 0.15) is 24.1 Å². The molecule has 4 rings (SSSR count). The second-order valence-corrected chi connectivity index (χ2v) is 11.1. The van der Waals surface area contributed by atoms with Gasteiger partial charge < -0.3 is 25.7 Å². The molecular weight excluding hydrogens is 531 g/mol. The highest BCUT2D eigenvalue weighted by atomic mass is 19.1. The van der Waals surface area contributed by atoms with Crippen molar-refractivity contribution in [2.75, 3.05) is 39.5 Å². The first kappa shape index (κ1) is 32.1. The van der Waals surface area contributed by atoms with Gasteiger partial charge in [-0.05, 0) is 54.5 Å². The summed E-state index contributed by atoms with van der Waals surface area (Å²) in [6.07, 6.45) is 3.94. The third-order valence-corrected chi connectivity index (χ3v) is 7.55. The van der Waals surface area contributed by atoms with Gasteiger partial charge in [-0.2, -0.15) is 0 Å². The normalized spacial score (nSPS) is 15.0. The maximum Gasteiger partial charge on any atom is 0.317 e. The van der Waals surface area contributed by atoms with E-state index in [1.807, 2.05) is 12.1 Å². The molecule has 10 heteroatoms. The topological polar surface area (TPSA) is 96.3 Å². The van der Waals surface area contributed by atoms with Crippen LogP contribution in [0.4, 0.5) is 18.0 Å². The summed E-state index contributed by atoms with van der Waals surface area (Å²) in [6, 6.07) is 12.6. The molecular formula is C31H42F3N5O2. The van der Waals surface area contributed by atoms with Gasteiger partial charge in [0.15, 0.2) is 0 Å². The molecule has 1 fully saturated rings. The molecule has 0 unspecified atom stereocenters. The lowest BCUT2D eigenvalue weighted by atomic mass is 9.75. The van der Waals surface area contributed by atoms with Crippen molar-refractivity contribution in [3.63, 3.8) is 0 Å². The van der Waals surface area contributed by atoms with E-state index in [4.69, 9.17) is 10.5 Å². The Labute approximate surface area is 240 Å². The molecule has 2 aromatic carbocycles. The summed E-state index contributed by atoms with van der Waals surface area (Å²) in [5.74, 6) is 0.605. The average molecular weight is 574 g/mol. The quantitative estimate of drug-likeness (QED) is 0.284. The van der Waals surface area contributed by atoms with Crippen LogP contribution >= 0.6 is 0 Å². The number of nitrogens with one attached hydrogen (secondary N) is 2. The van der Waals surface area contributed by atoms with Gasteiger partial charge in [-0.1, -0.05) is 45.0 Å². The van der Waals surface area contributed by atoms with Crippen LogP contribution in [0.1, 0.15) is 50.9 Å². The fourth-order valence-corrected chi connectivity index (χ4v) is 4.42. The molecule has 41 heavy (non-hydrogen) atoms. The Kier molecular flexibility index (Phi) is 12.2. The summed E-state index contributed by atoms with van der Waals surface area (Å²) in [6.45, 7) is 8.79. The van der Waals surface area contributed by atoms with E-state index in [-0.39, 0.29) is 29.0 Å². The first-order valence-corrected chi connectivity index (χ1v) is 14.1. The lowest BCUT2D eigenvalue weighted by Crippen LogP contribution is -2.47. The number of rotatable bonds is 10. The minimum absolute atomic E-state index is 0.0244. The molecule has 1 aliphatic rings. The minimum Gasteiger partial charge on any atom is -0.378 e. The van der Waals surface area contributed by atoms with E-state index >= 15 is 0 Å². The number of nitrogens with two attached hydrogens (primary N) is 1. The number of ether oxygens (including phenoxy) is 1. The molecule has 0 saturated carbocycles. The summed E-state index contributed by atoms with van der Waals surface area (Å²) < 4.78 is 43.9. The van der Waals surface area contributed by atoms with Crippen LogP contribution in [0.15, 0.2) is 54.7 Å². The monoisotopic (exact) mass is 573 g/mol. The molecule has 4 N–H and O–H groups in total. The van der Waals surface area contributed by atoms with Gasteiger partial charge in [-0.3, -0.25) is 0 Å². The Bertz CT molecular complexity index is 1230. The van der Waals surface area contributed by atoms with Crippen molar-refractivity contribution in [1.29, 1.82) is 0 Å². The van der Waals surface area contributed by atoms with Gasteiger partial charge in [-0.15, -0.1) is 0 Å². The van der Waals surface area contributed by atoms with Crippen molar-refractivity contribution in [2.45, 2.75) is 52.0 Å². The Morgan fingerprint density at radius 2 is 1.83 bits per heavy atom. The van der Waals surface area contributed by atoms with Gasteiger partial charge in [0.05, 0.1) is 25.1 Å². The summed E-state index contributed by atoms with van der Waals surface area (Å²) in [5, 5.41) is 2.70. The van der Waals surface area contributed by atoms with Crippen LogP contribution in [0.25, 0.3) is 11.3 Å². The van der Waals surface area contributed by atoms with Crippen LogP contribution in [0, 0.1) is 17.0 Å². The molecule has 2 heterocycles. The lowest BCUT2D eigenvalue weighted by molar-refractivity contribution is 0.0532. The number of hydrogen-bond donors (Lipinski definition) is 3. The standard InChI is InChI=1S/C22H24F2N2.C9H18FN3O2/c1-15(22(2,3)11-10-16-6-4-8-18(23)12-16)21-25-14-20(26-21)17-7-5-9-19(24)13-17;10-7-8(11)1-2-12-9(14)13-3-5-15-6-4-13/h4-9,12-15H,10-11H2,1-3H3,(H,25,26);8H,1-7,11H2,(H,12,14)/t15-;8-/m01/s1. The molecule has 0 spiro atoms. The Morgan fingerprint density at radius 3 is 2.49 bits per heavy atom. The SMILES string of the molecule is C[C@@H](c1ncc(-c2cccc(F)c2)[nH]1)C(C)(C)CCc1cccc(F)c1.N[C@@H](CF)CCNC(=O)N1CCOCC1. The van der Waals surface area contributed by atoms with E-state index in [0.29, 0.717) is 39.3 Å². The molecule has 224 valence electrons. The van der Waals surface area contributed by atoms with E-state index < -0.39 is 12.7 Å². The molecule has 1 saturated heterocycles. The molecule has 1 aromatic heterocycles. The zero-order valence-corrected chi connectivity index (χ0v) is 24.1. The van der Waals surface area contributed by atoms with Crippen LogP contribution in [0.5, 0.6) is 0 Å². The van der Waals surface area contributed by atoms with Crippen molar-refractivity contribution in [2.24, 2.45) is 11.1 Å². The number of alkyl halides is 1. The number of aryl methyl sites for hydroxylation is 1. The maximum atomic E-state index is 13.4. The number of carbonyl (C=O) groups excluding carboxylic acids is 1.